The molecule has 0 spiro atoms. The molecule has 0 bridgehead atoms. The number of methoxy groups -OCH3 is 1. The van der Waals surface area contributed by atoms with Gasteiger partial charge in [-0.05, 0) is 30.8 Å². The zero-order valence-corrected chi connectivity index (χ0v) is 15.1. The van der Waals surface area contributed by atoms with E-state index in [1.54, 1.807) is 6.08 Å². The van der Waals surface area contributed by atoms with Gasteiger partial charge in [-0.15, -0.1) is 6.42 Å². The molecule has 2 amide bonds. The number of aromatic nitrogens is 1. The molecule has 2 aromatic rings. The Morgan fingerprint density at radius 3 is 2.81 bits per heavy atom. The standard InChI is InChI=1S/C19H16N2O4S/c1-4-9-20-11-13(14-7-5-6-8-15(14)20)10-16-17(22)21(19(24)26-16)12(2)18(23)25-3/h1,5-8,10-12H,9H2,2-3H3/b16-10+/t12-/m0/s1. The summed E-state index contributed by atoms with van der Waals surface area (Å²) in [6.45, 7) is 1.86. The number of fused-ring (bicyclic) bond motifs is 1. The van der Waals surface area contributed by atoms with Crippen LogP contribution in [0.2, 0.25) is 0 Å². The van der Waals surface area contributed by atoms with E-state index in [1.807, 2.05) is 35.0 Å². The van der Waals surface area contributed by atoms with E-state index < -0.39 is 23.2 Å². The number of terminal acetylenes is 1. The summed E-state index contributed by atoms with van der Waals surface area (Å²) < 4.78 is 6.53. The summed E-state index contributed by atoms with van der Waals surface area (Å²) in [7, 11) is 1.22. The predicted octanol–water partition coefficient (Wildman–Crippen LogP) is 2.87. The summed E-state index contributed by atoms with van der Waals surface area (Å²) in [5, 5.41) is 0.432. The summed E-state index contributed by atoms with van der Waals surface area (Å²) in [6, 6.07) is 6.70. The fourth-order valence-electron chi connectivity index (χ4n) is 2.85. The number of esters is 1. The molecule has 0 radical (unpaired) electrons. The van der Waals surface area contributed by atoms with Crippen molar-refractivity contribution in [1.82, 2.24) is 9.47 Å². The van der Waals surface area contributed by atoms with Gasteiger partial charge in [0.05, 0.1) is 18.6 Å². The third-order valence-electron chi connectivity index (χ3n) is 4.12. The van der Waals surface area contributed by atoms with Crippen LogP contribution in [0.5, 0.6) is 0 Å². The van der Waals surface area contributed by atoms with Crippen molar-refractivity contribution < 1.29 is 19.1 Å². The van der Waals surface area contributed by atoms with E-state index in [4.69, 9.17) is 6.42 Å². The lowest BCUT2D eigenvalue weighted by atomic mass is 10.1. The molecule has 1 aromatic heterocycles. The fourth-order valence-corrected chi connectivity index (χ4v) is 3.75. The summed E-state index contributed by atoms with van der Waals surface area (Å²) in [4.78, 5) is 37.7. The largest absolute Gasteiger partial charge is 0.467 e. The van der Waals surface area contributed by atoms with E-state index in [1.165, 1.54) is 14.0 Å². The van der Waals surface area contributed by atoms with Gasteiger partial charge in [-0.2, -0.15) is 0 Å². The molecule has 3 rings (SSSR count). The van der Waals surface area contributed by atoms with Gasteiger partial charge in [0.2, 0.25) is 0 Å². The summed E-state index contributed by atoms with van der Waals surface area (Å²) in [5.74, 6) is 1.45. The lowest BCUT2D eigenvalue weighted by Gasteiger charge is -2.18. The Morgan fingerprint density at radius 2 is 2.12 bits per heavy atom. The summed E-state index contributed by atoms with van der Waals surface area (Å²) in [6.07, 6.45) is 8.92. The average molecular weight is 368 g/mol. The molecule has 0 N–H and O–H groups in total. The van der Waals surface area contributed by atoms with Gasteiger partial charge in [0.1, 0.15) is 6.04 Å². The first-order valence-corrected chi connectivity index (χ1v) is 8.65. The van der Waals surface area contributed by atoms with Crippen LogP contribution in [0.3, 0.4) is 0 Å². The van der Waals surface area contributed by atoms with Crippen LogP contribution in [0.1, 0.15) is 12.5 Å². The summed E-state index contributed by atoms with van der Waals surface area (Å²) >= 11 is 0.805. The number of ether oxygens (including phenoxy) is 1. The second-order valence-electron chi connectivity index (χ2n) is 5.68. The van der Waals surface area contributed by atoms with Gasteiger partial charge >= 0.3 is 5.97 Å². The van der Waals surface area contributed by atoms with Crippen molar-refractivity contribution in [3.63, 3.8) is 0 Å². The number of thioether (sulfide) groups is 1. The number of carbonyl (C=O) groups excluding carboxylic acids is 3. The summed E-state index contributed by atoms with van der Waals surface area (Å²) in [5.41, 5.74) is 1.73. The third kappa shape index (κ3) is 3.00. The number of carbonyl (C=O) groups is 3. The highest BCUT2D eigenvalue weighted by molar-refractivity contribution is 8.18. The van der Waals surface area contributed by atoms with Crippen molar-refractivity contribution in [1.29, 1.82) is 0 Å². The van der Waals surface area contributed by atoms with Gasteiger partial charge in [-0.25, -0.2) is 4.79 Å². The van der Waals surface area contributed by atoms with Gasteiger partial charge in [0.25, 0.3) is 11.1 Å². The molecule has 1 aliphatic rings. The Labute approximate surface area is 154 Å². The lowest BCUT2D eigenvalue weighted by molar-refractivity contribution is -0.148. The average Bonchev–Trinajstić information content (AvgIpc) is 3.12. The number of benzene rings is 1. The van der Waals surface area contributed by atoms with E-state index in [2.05, 4.69) is 10.7 Å². The molecule has 1 aromatic carbocycles. The topological polar surface area (TPSA) is 68.6 Å². The molecule has 132 valence electrons. The van der Waals surface area contributed by atoms with E-state index in [0.717, 1.165) is 33.1 Å². The first-order valence-electron chi connectivity index (χ1n) is 7.84. The SMILES string of the molecule is C#CCn1cc(/C=C2/SC(=O)N([C@@H](C)C(=O)OC)C2=O)c2ccccc21. The number of amides is 2. The maximum absolute atomic E-state index is 12.6. The maximum Gasteiger partial charge on any atom is 0.328 e. The monoisotopic (exact) mass is 368 g/mol. The highest BCUT2D eigenvalue weighted by Crippen LogP contribution is 2.35. The normalized spacial score (nSPS) is 17.0. The first-order chi connectivity index (χ1) is 12.5. The quantitative estimate of drug-likeness (QED) is 0.472. The van der Waals surface area contributed by atoms with Crippen LogP contribution in [0.15, 0.2) is 35.4 Å². The Kier molecular flexibility index (Phi) is 4.87. The molecule has 0 saturated carbocycles. The van der Waals surface area contributed by atoms with Crippen molar-refractivity contribution in [2.24, 2.45) is 0 Å². The van der Waals surface area contributed by atoms with Crippen LogP contribution in [-0.2, 0) is 20.9 Å². The molecular weight excluding hydrogens is 352 g/mol. The number of hydrogen-bond acceptors (Lipinski definition) is 5. The second-order valence-corrected chi connectivity index (χ2v) is 6.68. The Hall–Kier alpha value is -2.98. The van der Waals surface area contributed by atoms with Crippen LogP contribution in [0.4, 0.5) is 4.79 Å². The number of rotatable bonds is 4. The molecule has 7 heteroatoms. The number of para-hydroxylation sites is 1. The molecule has 1 saturated heterocycles. The van der Waals surface area contributed by atoms with Crippen LogP contribution >= 0.6 is 11.8 Å². The van der Waals surface area contributed by atoms with Gasteiger partial charge < -0.3 is 9.30 Å². The predicted molar refractivity (Wildman–Crippen MR) is 100 cm³/mol. The molecule has 0 unspecified atom stereocenters. The van der Waals surface area contributed by atoms with Crippen LogP contribution in [-0.4, -0.2) is 39.7 Å². The number of hydrogen-bond donors (Lipinski definition) is 0. The number of imide groups is 1. The Balaban J connectivity index is 2.00. The van der Waals surface area contributed by atoms with Crippen molar-refractivity contribution in [3.8, 4) is 12.3 Å². The van der Waals surface area contributed by atoms with E-state index in [-0.39, 0.29) is 4.91 Å². The molecule has 1 atom stereocenters. The van der Waals surface area contributed by atoms with Crippen molar-refractivity contribution in [2.45, 2.75) is 19.5 Å². The van der Waals surface area contributed by atoms with E-state index in [9.17, 15) is 14.4 Å². The van der Waals surface area contributed by atoms with Crippen molar-refractivity contribution in [2.75, 3.05) is 7.11 Å². The van der Waals surface area contributed by atoms with Gasteiger partial charge in [0.15, 0.2) is 0 Å². The zero-order valence-electron chi connectivity index (χ0n) is 14.3. The zero-order chi connectivity index (χ0) is 18.8. The number of nitrogens with zero attached hydrogens (tertiary/aromatic N) is 2. The van der Waals surface area contributed by atoms with E-state index in [0.29, 0.717) is 6.54 Å². The van der Waals surface area contributed by atoms with Crippen molar-refractivity contribution >= 4 is 45.9 Å². The van der Waals surface area contributed by atoms with Crippen LogP contribution in [0.25, 0.3) is 17.0 Å². The minimum Gasteiger partial charge on any atom is -0.467 e. The third-order valence-corrected chi connectivity index (χ3v) is 5.00. The van der Waals surface area contributed by atoms with Gasteiger partial charge in [-0.3, -0.25) is 14.5 Å². The molecule has 1 fully saturated rings. The first kappa shape index (κ1) is 17.8. The highest BCUT2D eigenvalue weighted by Gasteiger charge is 2.41. The molecular formula is C19H16N2O4S. The van der Waals surface area contributed by atoms with Crippen LogP contribution in [0, 0.1) is 12.3 Å². The van der Waals surface area contributed by atoms with Crippen molar-refractivity contribution in [3.05, 3.63) is 40.9 Å². The molecule has 2 heterocycles. The molecule has 1 aliphatic heterocycles. The minimum atomic E-state index is -0.971. The lowest BCUT2D eigenvalue weighted by Crippen LogP contribution is -2.42. The maximum atomic E-state index is 12.6. The van der Waals surface area contributed by atoms with Gasteiger partial charge in [-0.1, -0.05) is 24.1 Å². The molecule has 6 nitrogen and oxygen atoms in total. The smallest absolute Gasteiger partial charge is 0.328 e. The second kappa shape index (κ2) is 7.10. The Morgan fingerprint density at radius 1 is 1.38 bits per heavy atom. The van der Waals surface area contributed by atoms with E-state index >= 15 is 0 Å². The highest BCUT2D eigenvalue weighted by atomic mass is 32.2. The minimum absolute atomic E-state index is 0.259. The van der Waals surface area contributed by atoms with Gasteiger partial charge in [0, 0.05) is 22.7 Å². The fraction of sp³-hybridized carbons (Fsp3) is 0.211. The molecule has 26 heavy (non-hydrogen) atoms. The van der Waals surface area contributed by atoms with Crippen LogP contribution < -0.4 is 0 Å². The molecule has 0 aliphatic carbocycles. The Bertz CT molecular complexity index is 983.